The highest BCUT2D eigenvalue weighted by atomic mass is 16.5. The van der Waals surface area contributed by atoms with Gasteiger partial charge in [-0.2, -0.15) is 0 Å². The molecule has 1 aromatic rings. The lowest BCUT2D eigenvalue weighted by Gasteiger charge is -2.17. The first-order valence-corrected chi connectivity index (χ1v) is 7.43. The van der Waals surface area contributed by atoms with Crippen LogP contribution in [0.3, 0.4) is 0 Å². The molecule has 0 saturated carbocycles. The molecule has 1 rings (SSSR count). The number of hydrogen-bond acceptors (Lipinski definition) is 5. The third kappa shape index (κ3) is 4.58. The summed E-state index contributed by atoms with van der Waals surface area (Å²) in [6.45, 7) is 8.75. The van der Waals surface area contributed by atoms with E-state index in [-0.39, 0.29) is 30.2 Å². The molecule has 1 atom stereocenters. The maximum atomic E-state index is 12.1. The highest BCUT2D eigenvalue weighted by Crippen LogP contribution is 2.19. The predicted molar refractivity (Wildman–Crippen MR) is 84.3 cm³/mol. The van der Waals surface area contributed by atoms with Crippen LogP contribution in [-0.4, -0.2) is 42.6 Å². The molecule has 0 aliphatic heterocycles. The van der Waals surface area contributed by atoms with Crippen molar-refractivity contribution in [2.24, 2.45) is 5.92 Å². The molecule has 23 heavy (non-hydrogen) atoms. The quantitative estimate of drug-likeness (QED) is 0.777. The number of hydrogen-bond donors (Lipinski definition) is 2. The molecular weight excluding hydrogens is 300 g/mol. The van der Waals surface area contributed by atoms with Gasteiger partial charge in [-0.25, -0.2) is 9.59 Å². The summed E-state index contributed by atoms with van der Waals surface area (Å²) in [5.74, 6) is -1.30. The number of aromatic nitrogens is 1. The lowest BCUT2D eigenvalue weighted by Crippen LogP contribution is -2.38. The Balaban J connectivity index is 2.73. The van der Waals surface area contributed by atoms with Crippen molar-refractivity contribution < 1.29 is 23.9 Å². The van der Waals surface area contributed by atoms with E-state index in [0.717, 1.165) is 0 Å². The van der Waals surface area contributed by atoms with Gasteiger partial charge in [0.1, 0.15) is 5.69 Å². The molecule has 7 nitrogen and oxygen atoms in total. The van der Waals surface area contributed by atoms with Crippen LogP contribution in [0.5, 0.6) is 0 Å². The number of carbonyl (C=O) groups excluding carboxylic acids is 3. The number of carbonyl (C=O) groups is 3. The predicted octanol–water partition coefficient (Wildman–Crippen LogP) is 1.74. The molecule has 7 heteroatoms. The second-order valence-electron chi connectivity index (χ2n) is 5.79. The average molecular weight is 324 g/mol. The number of rotatable bonds is 6. The van der Waals surface area contributed by atoms with E-state index < -0.39 is 11.9 Å². The Bertz CT molecular complexity index is 604. The second kappa shape index (κ2) is 7.80. The van der Waals surface area contributed by atoms with Crippen molar-refractivity contribution >= 4 is 17.8 Å². The normalized spacial score (nSPS) is 12.0. The van der Waals surface area contributed by atoms with Crippen molar-refractivity contribution in [2.45, 2.75) is 40.7 Å². The van der Waals surface area contributed by atoms with Crippen LogP contribution >= 0.6 is 0 Å². The van der Waals surface area contributed by atoms with Crippen LogP contribution in [0.4, 0.5) is 0 Å². The average Bonchev–Trinajstić information content (AvgIpc) is 2.78. The molecule has 128 valence electrons. The fourth-order valence-electron chi connectivity index (χ4n) is 2.03. The highest BCUT2D eigenvalue weighted by Gasteiger charge is 2.24. The van der Waals surface area contributed by atoms with Gasteiger partial charge in [0.15, 0.2) is 6.61 Å². The Morgan fingerprint density at radius 2 is 1.74 bits per heavy atom. The van der Waals surface area contributed by atoms with Crippen LogP contribution in [0, 0.1) is 19.8 Å². The largest absolute Gasteiger partial charge is 0.465 e. The molecular formula is C16H24N2O5. The summed E-state index contributed by atoms with van der Waals surface area (Å²) in [5.41, 5.74) is 1.40. The molecule has 1 unspecified atom stereocenters. The number of nitrogens with one attached hydrogen (secondary N) is 2. The van der Waals surface area contributed by atoms with Gasteiger partial charge in [0.05, 0.1) is 12.7 Å². The molecule has 0 saturated heterocycles. The zero-order valence-electron chi connectivity index (χ0n) is 14.4. The summed E-state index contributed by atoms with van der Waals surface area (Å²) in [6.07, 6.45) is 0. The van der Waals surface area contributed by atoms with Crippen molar-refractivity contribution in [1.82, 2.24) is 10.3 Å². The van der Waals surface area contributed by atoms with Gasteiger partial charge in [-0.3, -0.25) is 4.79 Å². The Morgan fingerprint density at radius 1 is 1.13 bits per heavy atom. The molecule has 2 N–H and O–H groups in total. The second-order valence-corrected chi connectivity index (χ2v) is 5.79. The lowest BCUT2D eigenvalue weighted by atomic mass is 10.1. The number of methoxy groups -OCH3 is 1. The lowest BCUT2D eigenvalue weighted by molar-refractivity contribution is -0.125. The number of amides is 1. The van der Waals surface area contributed by atoms with E-state index in [1.807, 2.05) is 20.8 Å². The summed E-state index contributed by atoms with van der Waals surface area (Å²) in [6, 6.07) is -0.0124. The van der Waals surface area contributed by atoms with Gasteiger partial charge in [0, 0.05) is 11.7 Å². The Hall–Kier alpha value is -2.31. The molecule has 0 aliphatic rings. The van der Waals surface area contributed by atoms with E-state index in [9.17, 15) is 14.4 Å². The van der Waals surface area contributed by atoms with Crippen LogP contribution in [0.1, 0.15) is 52.9 Å². The fourth-order valence-corrected chi connectivity index (χ4v) is 2.03. The van der Waals surface area contributed by atoms with E-state index in [1.165, 1.54) is 7.11 Å². The van der Waals surface area contributed by atoms with Crippen LogP contribution < -0.4 is 5.32 Å². The van der Waals surface area contributed by atoms with Crippen molar-refractivity contribution in [3.63, 3.8) is 0 Å². The summed E-state index contributed by atoms with van der Waals surface area (Å²) < 4.78 is 9.68. The van der Waals surface area contributed by atoms with E-state index in [2.05, 4.69) is 15.0 Å². The monoisotopic (exact) mass is 324 g/mol. The molecule has 0 bridgehead atoms. The Morgan fingerprint density at radius 3 is 2.26 bits per heavy atom. The van der Waals surface area contributed by atoms with E-state index >= 15 is 0 Å². The van der Waals surface area contributed by atoms with Crippen LogP contribution in [0.25, 0.3) is 0 Å². The van der Waals surface area contributed by atoms with Gasteiger partial charge in [-0.15, -0.1) is 0 Å². The number of aromatic amines is 1. The standard InChI is InChI=1S/C16H24N2O5/c1-8(2)10(4)17-12(19)7-23-16(21)14-9(3)13(11(5)18-14)15(20)22-6/h8,10,18H,7H2,1-6H3,(H,17,19). The molecule has 0 aliphatic carbocycles. The molecule has 1 amide bonds. The number of H-pyrrole nitrogens is 1. The first-order chi connectivity index (χ1) is 10.7. The summed E-state index contributed by atoms with van der Waals surface area (Å²) >= 11 is 0. The Labute approximate surface area is 135 Å². The molecule has 0 fully saturated rings. The minimum Gasteiger partial charge on any atom is -0.465 e. The van der Waals surface area contributed by atoms with Crippen molar-refractivity contribution in [3.05, 3.63) is 22.5 Å². The van der Waals surface area contributed by atoms with Crippen molar-refractivity contribution in [3.8, 4) is 0 Å². The Kier molecular flexibility index (Phi) is 6.36. The molecule has 0 aromatic carbocycles. The molecule has 1 aromatic heterocycles. The number of aryl methyl sites for hydroxylation is 1. The van der Waals surface area contributed by atoms with E-state index in [1.54, 1.807) is 13.8 Å². The number of ether oxygens (including phenoxy) is 2. The van der Waals surface area contributed by atoms with E-state index in [0.29, 0.717) is 16.8 Å². The minimum atomic E-state index is -0.687. The van der Waals surface area contributed by atoms with Gasteiger partial charge >= 0.3 is 11.9 Å². The summed E-state index contributed by atoms with van der Waals surface area (Å²) in [7, 11) is 1.27. The van der Waals surface area contributed by atoms with Crippen LogP contribution in [-0.2, 0) is 14.3 Å². The number of esters is 2. The van der Waals surface area contributed by atoms with Crippen LogP contribution in [0.15, 0.2) is 0 Å². The van der Waals surface area contributed by atoms with Gasteiger partial charge in [0.2, 0.25) is 0 Å². The minimum absolute atomic E-state index is 0.0124. The van der Waals surface area contributed by atoms with Gasteiger partial charge in [-0.1, -0.05) is 13.8 Å². The van der Waals surface area contributed by atoms with Gasteiger partial charge < -0.3 is 19.8 Å². The first kappa shape index (κ1) is 18.7. The van der Waals surface area contributed by atoms with Gasteiger partial charge in [0.25, 0.3) is 5.91 Å². The maximum Gasteiger partial charge on any atom is 0.355 e. The van der Waals surface area contributed by atoms with Crippen molar-refractivity contribution in [1.29, 1.82) is 0 Å². The highest BCUT2D eigenvalue weighted by molar-refractivity contribution is 5.99. The smallest absolute Gasteiger partial charge is 0.355 e. The SMILES string of the molecule is COC(=O)c1c(C)[nH]c(C(=O)OCC(=O)NC(C)C(C)C)c1C. The summed E-state index contributed by atoms with van der Waals surface area (Å²) in [4.78, 5) is 38.3. The van der Waals surface area contributed by atoms with Crippen molar-refractivity contribution in [2.75, 3.05) is 13.7 Å². The summed E-state index contributed by atoms with van der Waals surface area (Å²) in [5, 5.41) is 2.74. The van der Waals surface area contributed by atoms with E-state index in [4.69, 9.17) is 4.74 Å². The topological polar surface area (TPSA) is 97.5 Å². The third-order valence-electron chi connectivity index (χ3n) is 3.75. The zero-order valence-corrected chi connectivity index (χ0v) is 14.4. The first-order valence-electron chi connectivity index (χ1n) is 7.43. The van der Waals surface area contributed by atoms with Crippen LogP contribution in [0.2, 0.25) is 0 Å². The molecule has 0 radical (unpaired) electrons. The molecule has 1 heterocycles. The van der Waals surface area contributed by atoms with Gasteiger partial charge in [-0.05, 0) is 32.3 Å². The maximum absolute atomic E-state index is 12.1. The third-order valence-corrected chi connectivity index (χ3v) is 3.75. The molecule has 0 spiro atoms. The zero-order chi connectivity index (χ0) is 17.7. The fraction of sp³-hybridized carbons (Fsp3) is 0.562.